The maximum atomic E-state index is 11.7. The molecule has 1 saturated carbocycles. The zero-order valence-corrected chi connectivity index (χ0v) is 10.1. The highest BCUT2D eigenvalue weighted by molar-refractivity contribution is 5.76. The zero-order chi connectivity index (χ0) is 12.3. The van der Waals surface area contributed by atoms with Gasteiger partial charge in [0, 0.05) is 18.9 Å². The zero-order valence-electron chi connectivity index (χ0n) is 10.1. The Morgan fingerprint density at radius 1 is 1.71 bits per heavy atom. The van der Waals surface area contributed by atoms with Crippen LogP contribution in [0.2, 0.25) is 0 Å². The summed E-state index contributed by atoms with van der Waals surface area (Å²) in [5.74, 6) is 0.527. The molecule has 2 atom stereocenters. The minimum absolute atomic E-state index is 0.242. The van der Waals surface area contributed by atoms with Crippen molar-refractivity contribution < 1.29 is 9.90 Å². The summed E-state index contributed by atoms with van der Waals surface area (Å²) in [7, 11) is 0. The quantitative estimate of drug-likeness (QED) is 0.816. The monoisotopic (exact) mass is 237 g/mol. The van der Waals surface area contributed by atoms with E-state index in [0.29, 0.717) is 12.5 Å². The lowest BCUT2D eigenvalue weighted by molar-refractivity contribution is -0.00947. The number of aliphatic hydroxyl groups is 1. The standard InChI is InChI=1S/C12H19N3O2/c1-10-3-2-4-12(17,7-10)8-14-11(16)15-6-5-13-9-15/h5-6,9-10,17H,2-4,7-8H2,1H3,(H,14,16). The van der Waals surface area contributed by atoms with Gasteiger partial charge in [-0.3, -0.25) is 4.57 Å². The van der Waals surface area contributed by atoms with E-state index in [0.717, 1.165) is 25.7 Å². The number of imidazole rings is 1. The number of nitrogens with zero attached hydrogens (tertiary/aromatic N) is 2. The summed E-state index contributed by atoms with van der Waals surface area (Å²) in [6.45, 7) is 2.45. The van der Waals surface area contributed by atoms with Gasteiger partial charge in [0.1, 0.15) is 6.33 Å². The van der Waals surface area contributed by atoms with Gasteiger partial charge in [-0.2, -0.15) is 0 Å². The molecule has 1 heterocycles. The molecule has 0 aromatic carbocycles. The van der Waals surface area contributed by atoms with E-state index >= 15 is 0 Å². The second-order valence-corrected chi connectivity index (χ2v) is 5.05. The summed E-state index contributed by atoms with van der Waals surface area (Å²) in [5, 5.41) is 13.1. The highest BCUT2D eigenvalue weighted by Gasteiger charge is 2.32. The molecule has 0 aliphatic heterocycles. The Hall–Kier alpha value is -1.36. The van der Waals surface area contributed by atoms with Gasteiger partial charge in [0.05, 0.1) is 5.60 Å². The third-order valence-corrected chi connectivity index (χ3v) is 3.38. The maximum Gasteiger partial charge on any atom is 0.326 e. The van der Waals surface area contributed by atoms with Crippen molar-refractivity contribution in [2.75, 3.05) is 6.54 Å². The molecule has 1 aliphatic rings. The number of carbonyl (C=O) groups is 1. The smallest absolute Gasteiger partial charge is 0.326 e. The van der Waals surface area contributed by atoms with E-state index < -0.39 is 5.60 Å². The number of hydrogen-bond acceptors (Lipinski definition) is 3. The van der Waals surface area contributed by atoms with Crippen LogP contribution in [0, 0.1) is 5.92 Å². The lowest BCUT2D eigenvalue weighted by atomic mass is 9.79. The molecule has 5 heteroatoms. The van der Waals surface area contributed by atoms with Crippen molar-refractivity contribution in [1.82, 2.24) is 14.9 Å². The molecular formula is C12H19N3O2. The number of hydrogen-bond donors (Lipinski definition) is 2. The number of carbonyl (C=O) groups excluding carboxylic acids is 1. The fourth-order valence-corrected chi connectivity index (χ4v) is 2.50. The van der Waals surface area contributed by atoms with Gasteiger partial charge in [-0.1, -0.05) is 19.8 Å². The third-order valence-electron chi connectivity index (χ3n) is 3.38. The van der Waals surface area contributed by atoms with E-state index in [1.807, 2.05) is 0 Å². The molecule has 0 saturated heterocycles. The Kier molecular flexibility index (Phi) is 3.47. The van der Waals surface area contributed by atoms with Crippen LogP contribution in [0.5, 0.6) is 0 Å². The van der Waals surface area contributed by atoms with Crippen LogP contribution < -0.4 is 5.32 Å². The van der Waals surface area contributed by atoms with E-state index in [1.54, 1.807) is 12.4 Å². The van der Waals surface area contributed by atoms with Crippen molar-refractivity contribution in [3.05, 3.63) is 18.7 Å². The average Bonchev–Trinajstić information content (AvgIpc) is 2.79. The van der Waals surface area contributed by atoms with Crippen molar-refractivity contribution >= 4 is 6.03 Å². The van der Waals surface area contributed by atoms with Crippen LogP contribution in [0.15, 0.2) is 18.7 Å². The first-order chi connectivity index (χ1) is 8.09. The number of nitrogens with one attached hydrogen (secondary N) is 1. The summed E-state index contributed by atoms with van der Waals surface area (Å²) in [6, 6.07) is -0.242. The highest BCUT2D eigenvalue weighted by atomic mass is 16.3. The summed E-state index contributed by atoms with van der Waals surface area (Å²) < 4.78 is 1.37. The van der Waals surface area contributed by atoms with E-state index in [2.05, 4.69) is 17.2 Å². The molecule has 94 valence electrons. The molecular weight excluding hydrogens is 218 g/mol. The maximum absolute atomic E-state index is 11.7. The number of rotatable bonds is 2. The normalized spacial score (nSPS) is 28.9. The van der Waals surface area contributed by atoms with Gasteiger partial charge in [-0.05, 0) is 18.8 Å². The van der Waals surface area contributed by atoms with Crippen LogP contribution in [-0.2, 0) is 0 Å². The number of amides is 1. The van der Waals surface area contributed by atoms with Crippen molar-refractivity contribution in [2.45, 2.75) is 38.2 Å². The van der Waals surface area contributed by atoms with Gasteiger partial charge < -0.3 is 10.4 Å². The second-order valence-electron chi connectivity index (χ2n) is 5.05. The third kappa shape index (κ3) is 3.06. The average molecular weight is 237 g/mol. The summed E-state index contributed by atoms with van der Waals surface area (Å²) in [5.41, 5.74) is -0.742. The van der Waals surface area contributed by atoms with E-state index in [9.17, 15) is 9.90 Å². The van der Waals surface area contributed by atoms with E-state index in [4.69, 9.17) is 0 Å². The number of aromatic nitrogens is 2. The van der Waals surface area contributed by atoms with Crippen molar-refractivity contribution in [2.24, 2.45) is 5.92 Å². The SMILES string of the molecule is CC1CCCC(O)(CNC(=O)n2ccnc2)C1. The molecule has 1 fully saturated rings. The van der Waals surface area contributed by atoms with Gasteiger partial charge >= 0.3 is 6.03 Å². The summed E-state index contributed by atoms with van der Waals surface area (Å²) in [4.78, 5) is 15.5. The predicted octanol–water partition coefficient (Wildman–Crippen LogP) is 1.38. The largest absolute Gasteiger partial charge is 0.388 e. The summed E-state index contributed by atoms with van der Waals surface area (Å²) >= 11 is 0. The molecule has 0 radical (unpaired) electrons. The van der Waals surface area contributed by atoms with E-state index in [1.165, 1.54) is 10.9 Å². The van der Waals surface area contributed by atoms with Crippen LogP contribution in [0.3, 0.4) is 0 Å². The van der Waals surface area contributed by atoms with Gasteiger partial charge in [0.15, 0.2) is 0 Å². The second kappa shape index (κ2) is 4.87. The molecule has 17 heavy (non-hydrogen) atoms. The first-order valence-electron chi connectivity index (χ1n) is 6.08. The van der Waals surface area contributed by atoms with Crippen LogP contribution in [0.4, 0.5) is 4.79 Å². The fraction of sp³-hybridized carbons (Fsp3) is 0.667. The van der Waals surface area contributed by atoms with Crippen LogP contribution in [0.25, 0.3) is 0 Å². The molecule has 2 rings (SSSR count). The molecule has 0 spiro atoms. The Bertz CT molecular complexity index is 377. The Morgan fingerprint density at radius 3 is 3.18 bits per heavy atom. The highest BCUT2D eigenvalue weighted by Crippen LogP contribution is 2.31. The molecule has 0 bridgehead atoms. The van der Waals surface area contributed by atoms with Crippen molar-refractivity contribution in [3.8, 4) is 0 Å². The van der Waals surface area contributed by atoms with Crippen LogP contribution >= 0.6 is 0 Å². The predicted molar refractivity (Wildman–Crippen MR) is 63.6 cm³/mol. The van der Waals surface area contributed by atoms with Crippen LogP contribution in [-0.4, -0.2) is 32.8 Å². The van der Waals surface area contributed by atoms with Gasteiger partial charge in [0.2, 0.25) is 0 Å². The Morgan fingerprint density at radius 2 is 2.53 bits per heavy atom. The minimum Gasteiger partial charge on any atom is -0.388 e. The molecule has 2 unspecified atom stereocenters. The summed E-state index contributed by atoms with van der Waals surface area (Å²) in [6.07, 6.45) is 8.30. The minimum atomic E-state index is -0.742. The van der Waals surface area contributed by atoms with Gasteiger partial charge in [-0.15, -0.1) is 0 Å². The van der Waals surface area contributed by atoms with E-state index in [-0.39, 0.29) is 6.03 Å². The van der Waals surface area contributed by atoms with Gasteiger partial charge in [0.25, 0.3) is 0 Å². The molecule has 1 aliphatic carbocycles. The van der Waals surface area contributed by atoms with Crippen molar-refractivity contribution in [3.63, 3.8) is 0 Å². The Labute approximate surface area is 101 Å². The molecule has 5 nitrogen and oxygen atoms in total. The van der Waals surface area contributed by atoms with Crippen molar-refractivity contribution in [1.29, 1.82) is 0 Å². The lowest BCUT2D eigenvalue weighted by Gasteiger charge is -2.35. The lowest BCUT2D eigenvalue weighted by Crippen LogP contribution is -2.46. The fourth-order valence-electron chi connectivity index (χ4n) is 2.50. The first kappa shape index (κ1) is 12.1. The molecule has 1 aromatic rings. The van der Waals surface area contributed by atoms with Crippen LogP contribution in [0.1, 0.15) is 32.6 Å². The van der Waals surface area contributed by atoms with Gasteiger partial charge in [-0.25, -0.2) is 9.78 Å². The first-order valence-corrected chi connectivity index (χ1v) is 6.08. The molecule has 1 amide bonds. The molecule has 2 N–H and O–H groups in total. The Balaban J connectivity index is 1.87. The molecule has 1 aromatic heterocycles. The topological polar surface area (TPSA) is 67.2 Å².